The van der Waals surface area contributed by atoms with Crippen LogP contribution in [-0.4, -0.2) is 73.4 Å². The first-order valence-electron chi connectivity index (χ1n) is 33.8. The molecule has 0 rings (SSSR count). The van der Waals surface area contributed by atoms with Gasteiger partial charge in [0.25, 0.3) is 0 Å². The quantitative estimate of drug-likeness (QED) is 0.0243. The van der Waals surface area contributed by atoms with E-state index in [1.165, 1.54) is 238 Å². The average Bonchev–Trinajstić information content (AvgIpc) is 3.42. The predicted molar refractivity (Wildman–Crippen MR) is 346 cm³/mol. The summed E-state index contributed by atoms with van der Waals surface area (Å²) in [7, 11) is 1.55. The third-order valence-electron chi connectivity index (χ3n) is 15.1. The number of rotatable bonds is 62. The molecule has 0 saturated carbocycles. The molecule has 0 heterocycles. The Bertz CT molecular complexity index is 1520. The second-order valence-electron chi connectivity index (χ2n) is 24.2. The van der Waals surface area contributed by atoms with E-state index in [2.05, 4.69) is 79.9 Å². The number of aliphatic hydroxyl groups excluding tert-OH is 1. The number of carbonyl (C=O) groups excluding carboxylic acids is 1. The van der Waals surface area contributed by atoms with Gasteiger partial charge in [0.15, 0.2) is 0 Å². The normalized spacial score (nSPS) is 14.2. The highest BCUT2D eigenvalue weighted by Gasteiger charge is 2.28. The monoisotopic (exact) mass is 1130 g/mol. The first kappa shape index (κ1) is 76.9. The van der Waals surface area contributed by atoms with Gasteiger partial charge in [-0.1, -0.05) is 299 Å². The number of quaternary nitrogens is 1. The molecule has 0 aliphatic heterocycles. The van der Waals surface area contributed by atoms with Gasteiger partial charge in [0, 0.05) is 6.42 Å². The highest BCUT2D eigenvalue weighted by Crippen LogP contribution is 2.43. The standard InChI is InChI=1S/C70H131N2O6P/c1-6-8-10-12-14-16-18-20-22-24-26-28-30-31-32-33-34-35-36-37-38-39-40-41-42-44-46-48-50-52-54-56-58-60-62-64-70(74)71-68(67-78-79(75,76)77-66-65-72(3,4)5)69(73)63-61-59-57-55-53-51-49-47-45-43-29-27-25-23-21-19-17-15-13-11-9-7-2/h18,20,24,26,30-31,45,47,53,55,61,63,68-69,73H,6-17,19,21-23,25,27-29,32-44,46,48-52,54,56-60,62,64-67H2,1-5H3,(H-,71,74,75,76)/p+1/b20-18-,26-24-,31-30-,47-45+,55-53+,63-61+. The SMILES string of the molecule is CCCCCCC/C=C\C/C=C\C/C=C\CCCCCCCCCCCCCCCCCCCCCCC(=O)NC(COP(=O)(O)OCC[N+](C)(C)C)C(O)/C=C/CC/C=C/CC/C=C/CCCCCCCCCCCCCC. The number of allylic oxidation sites excluding steroid dienone is 11. The number of amides is 1. The maximum Gasteiger partial charge on any atom is 0.472 e. The average molecular weight is 1130 g/mol. The van der Waals surface area contributed by atoms with E-state index >= 15 is 0 Å². The molecule has 462 valence electrons. The van der Waals surface area contributed by atoms with Crippen LogP contribution in [0.5, 0.6) is 0 Å². The lowest BCUT2D eigenvalue weighted by Crippen LogP contribution is -2.45. The van der Waals surface area contributed by atoms with Crippen LogP contribution < -0.4 is 5.32 Å². The molecule has 0 aromatic heterocycles. The Morgan fingerprint density at radius 2 is 0.734 bits per heavy atom. The van der Waals surface area contributed by atoms with E-state index in [-0.39, 0.29) is 19.1 Å². The molecule has 0 aromatic carbocycles. The van der Waals surface area contributed by atoms with E-state index in [1.807, 2.05) is 27.2 Å². The van der Waals surface area contributed by atoms with Gasteiger partial charge in [-0.05, 0) is 83.5 Å². The van der Waals surface area contributed by atoms with E-state index in [1.54, 1.807) is 6.08 Å². The summed E-state index contributed by atoms with van der Waals surface area (Å²) in [6.45, 7) is 4.81. The molecule has 1 amide bonds. The molecule has 3 N–H and O–H groups in total. The number of phosphoric ester groups is 1. The Labute approximate surface area is 491 Å². The Balaban J connectivity index is 4.08. The third kappa shape index (κ3) is 63.4. The smallest absolute Gasteiger partial charge is 0.387 e. The zero-order valence-corrected chi connectivity index (χ0v) is 53.8. The fourth-order valence-corrected chi connectivity index (χ4v) is 10.6. The van der Waals surface area contributed by atoms with Gasteiger partial charge in [-0.3, -0.25) is 13.8 Å². The Kier molecular flexibility index (Phi) is 59.0. The zero-order chi connectivity index (χ0) is 57.7. The first-order chi connectivity index (χ1) is 38.5. The van der Waals surface area contributed by atoms with Crippen LogP contribution in [0.1, 0.15) is 316 Å². The maximum absolute atomic E-state index is 13.0. The van der Waals surface area contributed by atoms with E-state index in [9.17, 15) is 19.4 Å². The van der Waals surface area contributed by atoms with Gasteiger partial charge >= 0.3 is 7.82 Å². The van der Waals surface area contributed by atoms with Crippen LogP contribution in [0.15, 0.2) is 72.9 Å². The van der Waals surface area contributed by atoms with Crippen molar-refractivity contribution in [2.24, 2.45) is 0 Å². The first-order valence-corrected chi connectivity index (χ1v) is 35.3. The van der Waals surface area contributed by atoms with Crippen molar-refractivity contribution < 1.29 is 32.9 Å². The van der Waals surface area contributed by atoms with Crippen LogP contribution in [0.4, 0.5) is 0 Å². The summed E-state index contributed by atoms with van der Waals surface area (Å²) in [5.74, 6) is -0.188. The van der Waals surface area contributed by atoms with Crippen molar-refractivity contribution in [1.82, 2.24) is 5.32 Å². The van der Waals surface area contributed by atoms with Crippen LogP contribution in [0.3, 0.4) is 0 Å². The van der Waals surface area contributed by atoms with Gasteiger partial charge in [-0.2, -0.15) is 0 Å². The number of nitrogens with one attached hydrogen (secondary N) is 1. The minimum atomic E-state index is -4.37. The summed E-state index contributed by atoms with van der Waals surface area (Å²) >= 11 is 0. The number of hydrogen-bond donors (Lipinski definition) is 3. The van der Waals surface area contributed by atoms with E-state index < -0.39 is 20.0 Å². The van der Waals surface area contributed by atoms with Crippen LogP contribution in [0.2, 0.25) is 0 Å². The minimum Gasteiger partial charge on any atom is -0.387 e. The molecular formula is C70H132N2O6P+. The summed E-state index contributed by atoms with van der Waals surface area (Å²) in [5, 5.41) is 14.0. The van der Waals surface area contributed by atoms with Crippen LogP contribution in [0.25, 0.3) is 0 Å². The largest absolute Gasteiger partial charge is 0.472 e. The van der Waals surface area contributed by atoms with Crippen molar-refractivity contribution in [2.45, 2.75) is 328 Å². The Morgan fingerprint density at radius 3 is 1.10 bits per heavy atom. The third-order valence-corrected chi connectivity index (χ3v) is 16.1. The second-order valence-corrected chi connectivity index (χ2v) is 25.6. The molecule has 8 nitrogen and oxygen atoms in total. The van der Waals surface area contributed by atoms with Gasteiger partial charge in [0.1, 0.15) is 13.2 Å². The van der Waals surface area contributed by atoms with Gasteiger partial charge < -0.3 is 19.8 Å². The van der Waals surface area contributed by atoms with Crippen molar-refractivity contribution in [3.05, 3.63) is 72.9 Å². The summed E-state index contributed by atoms with van der Waals surface area (Å²) in [6, 6.07) is -0.873. The highest BCUT2D eigenvalue weighted by molar-refractivity contribution is 7.47. The molecule has 9 heteroatoms. The molecular weight excluding hydrogens is 996 g/mol. The number of phosphoric acid groups is 1. The van der Waals surface area contributed by atoms with Crippen molar-refractivity contribution in [3.63, 3.8) is 0 Å². The zero-order valence-electron chi connectivity index (χ0n) is 52.9. The van der Waals surface area contributed by atoms with Gasteiger partial charge in [-0.15, -0.1) is 0 Å². The topological polar surface area (TPSA) is 105 Å². The molecule has 0 spiro atoms. The molecule has 0 bridgehead atoms. The fraction of sp³-hybridized carbons (Fsp3) is 0.814. The van der Waals surface area contributed by atoms with Crippen molar-refractivity contribution in [3.8, 4) is 0 Å². The van der Waals surface area contributed by atoms with Gasteiger partial charge in [0.2, 0.25) is 5.91 Å². The number of unbranched alkanes of at least 4 members (excludes halogenated alkanes) is 39. The van der Waals surface area contributed by atoms with Crippen LogP contribution in [0, 0.1) is 0 Å². The minimum absolute atomic E-state index is 0.0528. The Hall–Kier alpha value is -2.06. The lowest BCUT2D eigenvalue weighted by molar-refractivity contribution is -0.870. The summed E-state index contributed by atoms with van der Waals surface area (Å²) in [4.78, 5) is 23.4. The lowest BCUT2D eigenvalue weighted by Gasteiger charge is -2.25. The van der Waals surface area contributed by atoms with Crippen LogP contribution in [-0.2, 0) is 18.4 Å². The van der Waals surface area contributed by atoms with E-state index in [0.29, 0.717) is 17.4 Å². The number of hydrogen-bond acceptors (Lipinski definition) is 5. The van der Waals surface area contributed by atoms with Crippen molar-refractivity contribution >= 4 is 13.7 Å². The van der Waals surface area contributed by atoms with Crippen LogP contribution >= 0.6 is 7.82 Å². The maximum atomic E-state index is 13.0. The molecule has 0 fully saturated rings. The summed E-state index contributed by atoms with van der Waals surface area (Å²) in [6.07, 6.45) is 84.7. The fourth-order valence-electron chi connectivity index (χ4n) is 9.85. The predicted octanol–water partition coefficient (Wildman–Crippen LogP) is 21.4. The Morgan fingerprint density at radius 1 is 0.430 bits per heavy atom. The van der Waals surface area contributed by atoms with Gasteiger partial charge in [-0.25, -0.2) is 4.57 Å². The van der Waals surface area contributed by atoms with E-state index in [0.717, 1.165) is 57.8 Å². The van der Waals surface area contributed by atoms with Crippen molar-refractivity contribution in [1.29, 1.82) is 0 Å². The lowest BCUT2D eigenvalue weighted by atomic mass is 10.0. The molecule has 79 heavy (non-hydrogen) atoms. The van der Waals surface area contributed by atoms with Crippen molar-refractivity contribution in [2.75, 3.05) is 40.9 Å². The second kappa shape index (κ2) is 60.5. The summed E-state index contributed by atoms with van der Waals surface area (Å²) in [5.41, 5.74) is 0. The molecule has 0 saturated heterocycles. The molecule has 0 radical (unpaired) electrons. The molecule has 0 aliphatic rings. The number of aliphatic hydroxyl groups is 1. The molecule has 0 aliphatic carbocycles. The summed E-state index contributed by atoms with van der Waals surface area (Å²) < 4.78 is 23.8. The number of carbonyl (C=O) groups is 1. The van der Waals surface area contributed by atoms with E-state index in [4.69, 9.17) is 9.05 Å². The molecule has 3 atom stereocenters. The number of nitrogens with zero attached hydrogens (tertiary/aromatic N) is 1. The highest BCUT2D eigenvalue weighted by atomic mass is 31.2. The van der Waals surface area contributed by atoms with Gasteiger partial charge in [0.05, 0.1) is 39.9 Å². The molecule has 3 unspecified atom stereocenters. The number of likely N-dealkylation sites (N-methyl/N-ethyl adjacent to an activating group) is 1. The molecule has 0 aromatic rings.